The summed E-state index contributed by atoms with van der Waals surface area (Å²) in [5.41, 5.74) is 0.879. The van der Waals surface area contributed by atoms with E-state index >= 15 is 0 Å². The second-order valence-electron chi connectivity index (χ2n) is 3.84. The Bertz CT molecular complexity index is 358. The number of ether oxygens (including phenoxy) is 1. The molecule has 1 aliphatic heterocycles. The first-order valence-corrected chi connectivity index (χ1v) is 4.57. The Balaban J connectivity index is 2.07. The van der Waals surface area contributed by atoms with Crippen molar-refractivity contribution in [2.24, 2.45) is 5.92 Å². The molecule has 66 valence electrons. The van der Waals surface area contributed by atoms with Gasteiger partial charge in [0.05, 0.1) is 12.0 Å². The molecule has 1 aromatic rings. The van der Waals surface area contributed by atoms with Gasteiger partial charge < -0.3 is 4.74 Å². The van der Waals surface area contributed by atoms with E-state index in [1.165, 1.54) is 0 Å². The average Bonchev–Trinajstić information content (AvgIpc) is 2.84. The molecule has 0 amide bonds. The SMILES string of the molecule is O=C1OC[C@@H]2C[C@@]12c1ccccc1. The minimum absolute atomic E-state index is 0.0244. The molecule has 3 rings (SSSR count). The van der Waals surface area contributed by atoms with Crippen LogP contribution < -0.4 is 0 Å². The van der Waals surface area contributed by atoms with Gasteiger partial charge in [-0.1, -0.05) is 30.3 Å². The largest absolute Gasteiger partial charge is 0.465 e. The topological polar surface area (TPSA) is 26.3 Å². The molecular weight excluding hydrogens is 164 g/mol. The van der Waals surface area contributed by atoms with E-state index in [4.69, 9.17) is 4.74 Å². The van der Waals surface area contributed by atoms with E-state index < -0.39 is 0 Å². The molecule has 1 heterocycles. The highest BCUT2D eigenvalue weighted by atomic mass is 16.5. The molecule has 2 atom stereocenters. The van der Waals surface area contributed by atoms with Crippen molar-refractivity contribution in [3.63, 3.8) is 0 Å². The second kappa shape index (κ2) is 2.13. The van der Waals surface area contributed by atoms with Crippen molar-refractivity contribution in [2.45, 2.75) is 11.8 Å². The number of benzene rings is 1. The van der Waals surface area contributed by atoms with Crippen molar-refractivity contribution in [3.8, 4) is 0 Å². The van der Waals surface area contributed by atoms with E-state index in [1.807, 2.05) is 30.3 Å². The molecule has 0 aromatic heterocycles. The number of carbonyl (C=O) groups is 1. The number of rotatable bonds is 1. The maximum atomic E-state index is 11.5. The zero-order valence-corrected chi connectivity index (χ0v) is 7.19. The first kappa shape index (κ1) is 7.13. The van der Waals surface area contributed by atoms with E-state index in [0.29, 0.717) is 12.5 Å². The summed E-state index contributed by atoms with van der Waals surface area (Å²) >= 11 is 0. The van der Waals surface area contributed by atoms with Crippen LogP contribution in [0.2, 0.25) is 0 Å². The molecule has 2 nitrogen and oxygen atoms in total. The highest BCUT2D eigenvalue weighted by Crippen LogP contribution is 2.58. The highest BCUT2D eigenvalue weighted by Gasteiger charge is 2.66. The average molecular weight is 174 g/mol. The first-order chi connectivity index (χ1) is 6.34. The monoisotopic (exact) mass is 174 g/mol. The van der Waals surface area contributed by atoms with Crippen molar-refractivity contribution >= 4 is 5.97 Å². The summed E-state index contributed by atoms with van der Waals surface area (Å²) in [6, 6.07) is 9.97. The Hall–Kier alpha value is -1.31. The zero-order chi connectivity index (χ0) is 8.89. The summed E-state index contributed by atoms with van der Waals surface area (Å²) in [7, 11) is 0. The number of cyclic esters (lactones) is 1. The van der Waals surface area contributed by atoms with Crippen LogP contribution in [0.25, 0.3) is 0 Å². The lowest BCUT2D eigenvalue weighted by molar-refractivity contribution is -0.142. The van der Waals surface area contributed by atoms with Gasteiger partial charge in [0, 0.05) is 5.92 Å². The molecule has 1 aliphatic carbocycles. The Morgan fingerprint density at radius 1 is 1.31 bits per heavy atom. The van der Waals surface area contributed by atoms with Crippen LogP contribution in [0.1, 0.15) is 12.0 Å². The quantitative estimate of drug-likeness (QED) is 0.603. The molecule has 0 bridgehead atoms. The fraction of sp³-hybridized carbons (Fsp3) is 0.364. The van der Waals surface area contributed by atoms with Crippen LogP contribution in [0.5, 0.6) is 0 Å². The maximum absolute atomic E-state index is 11.5. The number of fused-ring (bicyclic) bond motifs is 1. The lowest BCUT2D eigenvalue weighted by Crippen LogP contribution is -2.18. The van der Waals surface area contributed by atoms with E-state index in [2.05, 4.69) is 0 Å². The van der Waals surface area contributed by atoms with Gasteiger partial charge in [-0.3, -0.25) is 4.79 Å². The molecule has 13 heavy (non-hydrogen) atoms. The van der Waals surface area contributed by atoms with Crippen molar-refractivity contribution in [3.05, 3.63) is 35.9 Å². The van der Waals surface area contributed by atoms with E-state index in [0.717, 1.165) is 12.0 Å². The third-order valence-corrected chi connectivity index (χ3v) is 3.17. The first-order valence-electron chi connectivity index (χ1n) is 4.57. The molecule has 0 unspecified atom stereocenters. The predicted molar refractivity (Wildman–Crippen MR) is 47.2 cm³/mol. The van der Waals surface area contributed by atoms with Gasteiger partial charge in [0.25, 0.3) is 0 Å². The Kier molecular flexibility index (Phi) is 1.17. The Labute approximate surface area is 76.5 Å². The number of hydrogen-bond donors (Lipinski definition) is 0. The third-order valence-electron chi connectivity index (χ3n) is 3.17. The van der Waals surface area contributed by atoms with Gasteiger partial charge in [0.15, 0.2) is 0 Å². The summed E-state index contributed by atoms with van der Waals surface area (Å²) in [5.74, 6) is 0.422. The number of hydrogen-bond acceptors (Lipinski definition) is 2. The Morgan fingerprint density at radius 3 is 2.62 bits per heavy atom. The third kappa shape index (κ3) is 0.755. The second-order valence-corrected chi connectivity index (χ2v) is 3.84. The molecule has 1 saturated heterocycles. The van der Waals surface area contributed by atoms with Gasteiger partial charge in [-0.25, -0.2) is 0 Å². The lowest BCUT2D eigenvalue weighted by Gasteiger charge is -2.08. The van der Waals surface area contributed by atoms with Crippen LogP contribution >= 0.6 is 0 Å². The molecule has 2 aliphatic rings. The van der Waals surface area contributed by atoms with Crippen molar-refractivity contribution in [1.29, 1.82) is 0 Å². The van der Waals surface area contributed by atoms with Gasteiger partial charge in [0.2, 0.25) is 0 Å². The molecule has 2 heteroatoms. The van der Waals surface area contributed by atoms with Crippen LogP contribution in [0.4, 0.5) is 0 Å². The number of carbonyl (C=O) groups excluding carboxylic acids is 1. The normalized spacial score (nSPS) is 35.4. The summed E-state index contributed by atoms with van der Waals surface area (Å²) in [6.07, 6.45) is 0.982. The Morgan fingerprint density at radius 2 is 2.08 bits per heavy atom. The van der Waals surface area contributed by atoms with Gasteiger partial charge in [0.1, 0.15) is 0 Å². The highest BCUT2D eigenvalue weighted by molar-refractivity contribution is 5.89. The van der Waals surface area contributed by atoms with Crippen molar-refractivity contribution < 1.29 is 9.53 Å². The predicted octanol–water partition coefficient (Wildman–Crippen LogP) is 1.50. The van der Waals surface area contributed by atoms with Crippen molar-refractivity contribution in [1.82, 2.24) is 0 Å². The summed E-state index contributed by atoms with van der Waals surface area (Å²) in [6.45, 7) is 0.619. The zero-order valence-electron chi connectivity index (χ0n) is 7.19. The van der Waals surface area contributed by atoms with E-state index in [9.17, 15) is 4.79 Å². The van der Waals surface area contributed by atoms with Crippen molar-refractivity contribution in [2.75, 3.05) is 6.61 Å². The van der Waals surface area contributed by atoms with Crippen LogP contribution in [-0.2, 0) is 14.9 Å². The van der Waals surface area contributed by atoms with Crippen LogP contribution in [0.15, 0.2) is 30.3 Å². The lowest BCUT2D eigenvalue weighted by atomic mass is 9.95. The van der Waals surface area contributed by atoms with Crippen LogP contribution in [-0.4, -0.2) is 12.6 Å². The van der Waals surface area contributed by atoms with Gasteiger partial charge >= 0.3 is 5.97 Å². The molecule has 0 N–H and O–H groups in total. The summed E-state index contributed by atoms with van der Waals surface area (Å²) in [5, 5.41) is 0. The molecular formula is C11H10O2. The smallest absolute Gasteiger partial charge is 0.317 e. The van der Waals surface area contributed by atoms with Crippen LogP contribution in [0, 0.1) is 5.92 Å². The van der Waals surface area contributed by atoms with Gasteiger partial charge in [-0.15, -0.1) is 0 Å². The molecule has 0 spiro atoms. The fourth-order valence-corrected chi connectivity index (χ4v) is 2.29. The molecule has 1 aromatic carbocycles. The summed E-state index contributed by atoms with van der Waals surface area (Å²) < 4.78 is 5.03. The minimum atomic E-state index is -0.249. The summed E-state index contributed by atoms with van der Waals surface area (Å²) in [4.78, 5) is 11.5. The molecule has 0 radical (unpaired) electrons. The van der Waals surface area contributed by atoms with E-state index in [-0.39, 0.29) is 11.4 Å². The number of esters is 1. The fourth-order valence-electron chi connectivity index (χ4n) is 2.29. The standard InChI is InChI=1S/C11H10O2/c12-10-11(6-9(11)7-13-10)8-4-2-1-3-5-8/h1-5,9H,6-7H2/t9-,11-/m0/s1. The van der Waals surface area contributed by atoms with Gasteiger partial charge in [-0.05, 0) is 12.0 Å². The minimum Gasteiger partial charge on any atom is -0.465 e. The van der Waals surface area contributed by atoms with E-state index in [1.54, 1.807) is 0 Å². The van der Waals surface area contributed by atoms with Gasteiger partial charge in [-0.2, -0.15) is 0 Å². The van der Waals surface area contributed by atoms with Crippen LogP contribution in [0.3, 0.4) is 0 Å². The molecule has 2 fully saturated rings. The maximum Gasteiger partial charge on any atom is 0.317 e. The molecule has 1 saturated carbocycles.